The van der Waals surface area contributed by atoms with Crippen molar-refractivity contribution in [2.75, 3.05) is 39.6 Å². The lowest BCUT2D eigenvalue weighted by Gasteiger charge is -2.21. The normalized spacial score (nSPS) is 14.7. The molecule has 0 heterocycles. The smallest absolute Gasteiger partial charge is 0.462 e. The quantitative estimate of drug-likeness (QED) is 0.0222. The molecule has 17 nitrogen and oxygen atoms in total. The summed E-state index contributed by atoms with van der Waals surface area (Å²) < 4.78 is 68.5. The second-order valence-electron chi connectivity index (χ2n) is 28.8. The fourth-order valence-corrected chi connectivity index (χ4v) is 13.1. The first-order chi connectivity index (χ1) is 45.7. The van der Waals surface area contributed by atoms with Gasteiger partial charge in [-0.25, -0.2) is 9.13 Å². The molecule has 0 saturated heterocycles. The average Bonchev–Trinajstić information content (AvgIpc) is 1.33. The topological polar surface area (TPSA) is 237 Å². The molecule has 0 aromatic heterocycles. The van der Waals surface area contributed by atoms with Crippen LogP contribution < -0.4 is 0 Å². The fraction of sp³-hybridized carbons (Fsp3) is 0.947. The molecule has 95 heavy (non-hydrogen) atoms. The number of esters is 4. The zero-order valence-electron chi connectivity index (χ0n) is 62.3. The van der Waals surface area contributed by atoms with Crippen LogP contribution in [-0.4, -0.2) is 96.7 Å². The first kappa shape index (κ1) is 93.1. The van der Waals surface area contributed by atoms with Crippen LogP contribution >= 0.6 is 15.6 Å². The van der Waals surface area contributed by atoms with E-state index in [1.807, 2.05) is 0 Å². The molecule has 0 fully saturated rings. The molecule has 0 saturated carbocycles. The predicted molar refractivity (Wildman–Crippen MR) is 386 cm³/mol. The Balaban J connectivity index is 5.23. The lowest BCUT2D eigenvalue weighted by Crippen LogP contribution is -2.30. The second kappa shape index (κ2) is 65.4. The molecule has 0 rings (SSSR count). The molecule has 0 bridgehead atoms. The Morgan fingerprint density at radius 2 is 0.505 bits per heavy atom. The highest BCUT2D eigenvalue weighted by Crippen LogP contribution is 2.45. The van der Waals surface area contributed by atoms with Crippen molar-refractivity contribution in [3.8, 4) is 0 Å². The number of hydrogen-bond acceptors (Lipinski definition) is 15. The summed E-state index contributed by atoms with van der Waals surface area (Å²) in [6, 6.07) is 0. The minimum absolute atomic E-state index is 0.102. The maximum Gasteiger partial charge on any atom is 0.472 e. The van der Waals surface area contributed by atoms with Crippen LogP contribution in [0.4, 0.5) is 0 Å². The molecular formula is C76H148O17P2. The van der Waals surface area contributed by atoms with E-state index in [2.05, 4.69) is 55.4 Å². The van der Waals surface area contributed by atoms with Gasteiger partial charge in [0.1, 0.15) is 19.3 Å². The van der Waals surface area contributed by atoms with Gasteiger partial charge in [-0.1, -0.05) is 331 Å². The van der Waals surface area contributed by atoms with Crippen molar-refractivity contribution in [1.29, 1.82) is 0 Å². The summed E-state index contributed by atoms with van der Waals surface area (Å²) in [5, 5.41) is 10.6. The standard InChI is InChI=1S/C76H148O17P2/c1-9-68(7)54-46-38-30-24-20-16-12-14-17-21-25-31-40-48-56-73(78)86-62-71(92-75(80)58-50-42-32-26-22-18-13-11-15-19-23-28-36-44-52-66(3)4)64-90-94(82,83)88-60-70(77)61-89-95(84,85)91-65-72(93-76(81)59-51-43-35-34-39-47-55-69(8)10-2)63-87-74(79)57-49-41-33-27-29-37-45-53-67(5)6/h66-72,77H,9-65H2,1-8H3,(H,82,83)(H,84,85)/t68?,69?,70?,71-,72-/m1/s1. The maximum absolute atomic E-state index is 13.1. The molecule has 19 heteroatoms. The summed E-state index contributed by atoms with van der Waals surface area (Å²) in [4.78, 5) is 72.8. The number of carbonyl (C=O) groups is 4. The Morgan fingerprint density at radius 3 is 0.747 bits per heavy atom. The lowest BCUT2D eigenvalue weighted by molar-refractivity contribution is -0.161. The van der Waals surface area contributed by atoms with Crippen molar-refractivity contribution >= 4 is 39.5 Å². The van der Waals surface area contributed by atoms with Crippen molar-refractivity contribution < 1.29 is 80.2 Å². The van der Waals surface area contributed by atoms with Gasteiger partial charge in [0.15, 0.2) is 12.2 Å². The second-order valence-corrected chi connectivity index (χ2v) is 31.7. The number of ether oxygens (including phenoxy) is 4. The van der Waals surface area contributed by atoms with Crippen molar-refractivity contribution in [2.45, 2.75) is 401 Å². The van der Waals surface area contributed by atoms with E-state index < -0.39 is 97.5 Å². The Kier molecular flexibility index (Phi) is 64.0. The minimum atomic E-state index is -4.96. The van der Waals surface area contributed by atoms with Crippen LogP contribution in [0.5, 0.6) is 0 Å². The fourth-order valence-electron chi connectivity index (χ4n) is 11.5. The van der Waals surface area contributed by atoms with Crippen LogP contribution in [0.1, 0.15) is 383 Å². The van der Waals surface area contributed by atoms with E-state index in [-0.39, 0.29) is 25.7 Å². The molecule has 0 aliphatic heterocycles. The molecule has 564 valence electrons. The van der Waals surface area contributed by atoms with Crippen LogP contribution in [0.25, 0.3) is 0 Å². The lowest BCUT2D eigenvalue weighted by atomic mass is 9.99. The molecule has 0 radical (unpaired) electrons. The molecule has 3 N–H and O–H groups in total. The van der Waals surface area contributed by atoms with Gasteiger partial charge in [0.25, 0.3) is 0 Å². The van der Waals surface area contributed by atoms with Crippen molar-refractivity contribution in [3.63, 3.8) is 0 Å². The molecule has 0 aromatic rings. The molecular weight excluding hydrogens is 1250 g/mol. The molecule has 0 amide bonds. The van der Waals surface area contributed by atoms with Gasteiger partial charge in [0.2, 0.25) is 0 Å². The number of phosphoric acid groups is 2. The van der Waals surface area contributed by atoms with Gasteiger partial charge in [0, 0.05) is 25.7 Å². The summed E-state index contributed by atoms with van der Waals surface area (Å²) in [7, 11) is -9.91. The summed E-state index contributed by atoms with van der Waals surface area (Å²) in [6.45, 7) is 14.2. The average molecular weight is 1400 g/mol. The van der Waals surface area contributed by atoms with Crippen LogP contribution in [0, 0.1) is 23.7 Å². The summed E-state index contributed by atoms with van der Waals surface area (Å²) in [5.74, 6) is 0.946. The van der Waals surface area contributed by atoms with Crippen molar-refractivity contribution in [1.82, 2.24) is 0 Å². The zero-order chi connectivity index (χ0) is 70.3. The highest BCUT2D eigenvalue weighted by molar-refractivity contribution is 7.47. The Bertz CT molecular complexity index is 1870. The third-order valence-corrected chi connectivity index (χ3v) is 20.2. The van der Waals surface area contributed by atoms with Crippen LogP contribution in [-0.2, 0) is 65.4 Å². The summed E-state index contributed by atoms with van der Waals surface area (Å²) >= 11 is 0. The molecule has 5 unspecified atom stereocenters. The number of rotatable bonds is 73. The van der Waals surface area contributed by atoms with E-state index in [0.29, 0.717) is 31.6 Å². The number of aliphatic hydroxyl groups excluding tert-OH is 1. The van der Waals surface area contributed by atoms with E-state index in [1.165, 1.54) is 180 Å². The minimum Gasteiger partial charge on any atom is -0.462 e. The number of aliphatic hydroxyl groups is 1. The largest absolute Gasteiger partial charge is 0.472 e. The van der Waals surface area contributed by atoms with Gasteiger partial charge in [-0.05, 0) is 49.4 Å². The van der Waals surface area contributed by atoms with Gasteiger partial charge in [-0.3, -0.25) is 37.3 Å². The van der Waals surface area contributed by atoms with Gasteiger partial charge < -0.3 is 33.8 Å². The van der Waals surface area contributed by atoms with Crippen LogP contribution in [0.15, 0.2) is 0 Å². The van der Waals surface area contributed by atoms with Gasteiger partial charge in [-0.2, -0.15) is 0 Å². The van der Waals surface area contributed by atoms with Crippen molar-refractivity contribution in [3.05, 3.63) is 0 Å². The molecule has 7 atom stereocenters. The van der Waals surface area contributed by atoms with Crippen LogP contribution in [0.3, 0.4) is 0 Å². The Morgan fingerprint density at radius 1 is 0.295 bits per heavy atom. The number of hydrogen-bond donors (Lipinski definition) is 3. The van der Waals surface area contributed by atoms with Gasteiger partial charge in [0.05, 0.1) is 26.4 Å². The third kappa shape index (κ3) is 67.6. The predicted octanol–water partition coefficient (Wildman–Crippen LogP) is 22.0. The van der Waals surface area contributed by atoms with Crippen molar-refractivity contribution in [2.24, 2.45) is 23.7 Å². The van der Waals surface area contributed by atoms with E-state index in [0.717, 1.165) is 114 Å². The van der Waals surface area contributed by atoms with Gasteiger partial charge in [-0.15, -0.1) is 0 Å². The zero-order valence-corrected chi connectivity index (χ0v) is 64.1. The third-order valence-electron chi connectivity index (χ3n) is 18.3. The molecule has 0 spiro atoms. The first-order valence-corrected chi connectivity index (χ1v) is 42.3. The number of phosphoric ester groups is 2. The maximum atomic E-state index is 13.1. The Hall–Kier alpha value is -1.94. The highest BCUT2D eigenvalue weighted by atomic mass is 31.2. The number of unbranched alkanes of at least 4 members (excludes halogenated alkanes) is 37. The SMILES string of the molecule is CCC(C)CCCCCCCCCCCCCCCCC(=O)OC[C@H](COP(=O)(O)OCC(O)COP(=O)(O)OC[C@@H](COC(=O)CCCCCCCCCC(C)C)OC(=O)CCCCCCCCC(C)CC)OC(=O)CCCCCCCCCCCCCCCCC(C)C. The first-order valence-electron chi connectivity index (χ1n) is 39.3. The molecule has 0 aliphatic carbocycles. The summed E-state index contributed by atoms with van der Waals surface area (Å²) in [5.41, 5.74) is 0. The molecule has 0 aromatic carbocycles. The van der Waals surface area contributed by atoms with E-state index in [9.17, 15) is 43.2 Å². The monoisotopic (exact) mass is 1400 g/mol. The van der Waals surface area contributed by atoms with E-state index in [1.54, 1.807) is 0 Å². The molecule has 0 aliphatic rings. The van der Waals surface area contributed by atoms with Crippen LogP contribution in [0.2, 0.25) is 0 Å². The number of carbonyl (C=O) groups excluding carboxylic acids is 4. The Labute approximate surface area is 581 Å². The van der Waals surface area contributed by atoms with E-state index >= 15 is 0 Å². The highest BCUT2D eigenvalue weighted by Gasteiger charge is 2.30. The summed E-state index contributed by atoms with van der Waals surface area (Å²) in [6.07, 6.45) is 50.1. The van der Waals surface area contributed by atoms with E-state index in [4.69, 9.17) is 37.0 Å². The van der Waals surface area contributed by atoms with Gasteiger partial charge >= 0.3 is 39.5 Å².